The molecular weight excluding hydrogens is 281 g/mol. The highest BCUT2D eigenvalue weighted by molar-refractivity contribution is 6.33. The van der Waals surface area contributed by atoms with Gasteiger partial charge in [0, 0.05) is 6.54 Å². The summed E-state index contributed by atoms with van der Waals surface area (Å²) in [5.41, 5.74) is 3.89. The molecule has 0 amide bonds. The zero-order chi connectivity index (χ0) is 14.8. The third-order valence-corrected chi connectivity index (χ3v) is 3.18. The molecule has 0 fully saturated rings. The van der Waals surface area contributed by atoms with E-state index in [1.54, 1.807) is 11.9 Å². The van der Waals surface area contributed by atoms with Gasteiger partial charge in [-0.15, -0.1) is 0 Å². The number of aliphatic hydroxyl groups is 1. The maximum atomic E-state index is 12.8. The number of hydrogen-bond acceptors (Lipinski definition) is 3. The van der Waals surface area contributed by atoms with Crippen LogP contribution in [0.4, 0.5) is 18.9 Å². The maximum absolute atomic E-state index is 12.8. The second-order valence-corrected chi connectivity index (χ2v) is 4.74. The van der Waals surface area contributed by atoms with Crippen molar-refractivity contribution in [3.8, 4) is 0 Å². The number of hydrogen-bond donors (Lipinski definition) is 2. The maximum Gasteiger partial charge on any atom is 0.418 e. The van der Waals surface area contributed by atoms with Crippen LogP contribution in [0.1, 0.15) is 24.2 Å². The second-order valence-electron chi connectivity index (χ2n) is 4.33. The van der Waals surface area contributed by atoms with Crippen LogP contribution in [0.5, 0.6) is 0 Å². The summed E-state index contributed by atoms with van der Waals surface area (Å²) < 4.78 is 38.3. The number of anilines is 1. The molecule has 3 N–H and O–H groups in total. The number of likely N-dealkylation sites (N-methyl/N-ethyl adjacent to an activating group) is 1. The Labute approximate surface area is 114 Å². The number of halogens is 4. The molecule has 0 aliphatic carbocycles. The Morgan fingerprint density at radius 3 is 2.47 bits per heavy atom. The van der Waals surface area contributed by atoms with Crippen LogP contribution in [-0.4, -0.2) is 30.1 Å². The van der Waals surface area contributed by atoms with Gasteiger partial charge >= 0.3 is 6.18 Å². The number of nitrogens with zero attached hydrogens (tertiary/aromatic N) is 1. The number of alkyl halides is 3. The van der Waals surface area contributed by atoms with E-state index in [1.165, 1.54) is 6.07 Å². The second kappa shape index (κ2) is 5.98. The molecular formula is C12H16ClF3N2O. The fourth-order valence-electron chi connectivity index (χ4n) is 1.60. The number of benzene rings is 1. The minimum atomic E-state index is -4.60. The number of nitrogens with two attached hydrogens (primary N) is 1. The molecule has 0 heterocycles. The molecule has 1 atom stereocenters. The summed E-state index contributed by atoms with van der Waals surface area (Å²) in [6.45, 7) is 2.77. The quantitative estimate of drug-likeness (QED) is 0.840. The molecule has 1 unspecified atom stereocenters. The van der Waals surface area contributed by atoms with Gasteiger partial charge in [-0.25, -0.2) is 0 Å². The molecule has 1 aromatic rings. The van der Waals surface area contributed by atoms with Crippen LogP contribution in [0.2, 0.25) is 5.02 Å². The Morgan fingerprint density at radius 1 is 1.42 bits per heavy atom. The lowest BCUT2D eigenvalue weighted by molar-refractivity contribution is -0.137. The Kier molecular flexibility index (Phi) is 5.06. The summed E-state index contributed by atoms with van der Waals surface area (Å²) in [4.78, 5) is 1.78. The van der Waals surface area contributed by atoms with E-state index in [4.69, 9.17) is 17.3 Å². The third kappa shape index (κ3) is 3.99. The minimum absolute atomic E-state index is 0.104. The first kappa shape index (κ1) is 16.1. The van der Waals surface area contributed by atoms with Gasteiger partial charge in [-0.3, -0.25) is 0 Å². The average Bonchev–Trinajstić information content (AvgIpc) is 2.30. The Balaban J connectivity index is 3.13. The minimum Gasteiger partial charge on any atom is -0.397 e. The van der Waals surface area contributed by atoms with Crippen molar-refractivity contribution >= 4 is 17.3 Å². The summed E-state index contributed by atoms with van der Waals surface area (Å²) in [5, 5.41) is 9.71. The van der Waals surface area contributed by atoms with Crippen molar-refractivity contribution in [2.45, 2.75) is 19.2 Å². The largest absolute Gasteiger partial charge is 0.418 e. The van der Waals surface area contributed by atoms with Crippen molar-refractivity contribution in [2.24, 2.45) is 0 Å². The molecule has 0 radical (unpaired) electrons. The van der Waals surface area contributed by atoms with Gasteiger partial charge in [0.05, 0.1) is 22.4 Å². The van der Waals surface area contributed by atoms with Crippen LogP contribution in [0.15, 0.2) is 12.1 Å². The molecule has 19 heavy (non-hydrogen) atoms. The molecule has 0 aliphatic heterocycles. The normalized spacial score (nSPS) is 13.9. The van der Waals surface area contributed by atoms with Crippen molar-refractivity contribution < 1.29 is 18.3 Å². The van der Waals surface area contributed by atoms with Gasteiger partial charge in [0.25, 0.3) is 0 Å². The van der Waals surface area contributed by atoms with Crippen LogP contribution in [0.25, 0.3) is 0 Å². The van der Waals surface area contributed by atoms with Gasteiger partial charge in [-0.1, -0.05) is 18.5 Å². The van der Waals surface area contributed by atoms with Crippen molar-refractivity contribution in [2.75, 3.05) is 25.9 Å². The summed E-state index contributed by atoms with van der Waals surface area (Å²) >= 11 is 5.69. The number of aliphatic hydroxyl groups excluding tert-OH is 1. The van der Waals surface area contributed by atoms with Crippen LogP contribution < -0.4 is 5.73 Å². The smallest absolute Gasteiger partial charge is 0.397 e. The zero-order valence-electron chi connectivity index (χ0n) is 10.6. The Hall–Kier alpha value is -0.980. The lowest BCUT2D eigenvalue weighted by Gasteiger charge is -2.21. The predicted molar refractivity (Wildman–Crippen MR) is 69.0 cm³/mol. The fourth-order valence-corrected chi connectivity index (χ4v) is 1.82. The van der Waals surface area contributed by atoms with Gasteiger partial charge in [0.1, 0.15) is 0 Å². The number of nitrogen functional groups attached to an aromatic ring is 1. The molecule has 0 bridgehead atoms. The standard InChI is InChI=1S/C12H16ClF3N2O/c1-3-18(2)6-10(19)7-4-8(12(14,15)16)11(17)9(13)5-7/h4-5,10,19H,3,6,17H2,1-2H3. The topological polar surface area (TPSA) is 49.5 Å². The van der Waals surface area contributed by atoms with Crippen molar-refractivity contribution in [1.82, 2.24) is 4.90 Å². The molecule has 108 valence electrons. The monoisotopic (exact) mass is 296 g/mol. The molecule has 3 nitrogen and oxygen atoms in total. The van der Waals surface area contributed by atoms with E-state index in [0.717, 1.165) is 6.07 Å². The van der Waals surface area contributed by atoms with E-state index in [0.29, 0.717) is 6.54 Å². The first-order chi connectivity index (χ1) is 8.66. The van der Waals surface area contributed by atoms with Gasteiger partial charge in [-0.2, -0.15) is 13.2 Å². The highest BCUT2D eigenvalue weighted by Gasteiger charge is 2.34. The predicted octanol–water partition coefficient (Wildman–Crippen LogP) is 2.93. The third-order valence-electron chi connectivity index (χ3n) is 2.87. The molecule has 0 aromatic heterocycles. The molecule has 0 saturated carbocycles. The molecule has 1 rings (SSSR count). The van der Waals surface area contributed by atoms with Gasteiger partial charge < -0.3 is 15.7 Å². The lowest BCUT2D eigenvalue weighted by Crippen LogP contribution is -2.24. The highest BCUT2D eigenvalue weighted by atomic mass is 35.5. The van der Waals surface area contributed by atoms with E-state index < -0.39 is 23.5 Å². The van der Waals surface area contributed by atoms with E-state index in [-0.39, 0.29) is 17.1 Å². The van der Waals surface area contributed by atoms with E-state index >= 15 is 0 Å². The number of rotatable bonds is 4. The SMILES string of the molecule is CCN(C)CC(O)c1cc(Cl)c(N)c(C(F)(F)F)c1. The molecule has 0 spiro atoms. The fraction of sp³-hybridized carbons (Fsp3) is 0.500. The zero-order valence-corrected chi connectivity index (χ0v) is 11.4. The Bertz CT molecular complexity index is 451. The van der Waals surface area contributed by atoms with E-state index in [1.807, 2.05) is 6.92 Å². The summed E-state index contributed by atoms with van der Waals surface area (Å²) in [7, 11) is 1.76. The van der Waals surface area contributed by atoms with Gasteiger partial charge in [-0.05, 0) is 31.3 Å². The van der Waals surface area contributed by atoms with Crippen molar-refractivity contribution in [3.63, 3.8) is 0 Å². The van der Waals surface area contributed by atoms with Crippen molar-refractivity contribution in [1.29, 1.82) is 0 Å². The molecule has 7 heteroatoms. The molecule has 0 aliphatic rings. The van der Waals surface area contributed by atoms with E-state index in [9.17, 15) is 18.3 Å². The highest BCUT2D eigenvalue weighted by Crippen LogP contribution is 2.38. The summed E-state index contributed by atoms with van der Waals surface area (Å²) in [5.74, 6) is 0. The van der Waals surface area contributed by atoms with Crippen LogP contribution in [0, 0.1) is 0 Å². The molecule has 0 saturated heterocycles. The van der Waals surface area contributed by atoms with Gasteiger partial charge in [0.2, 0.25) is 0 Å². The van der Waals surface area contributed by atoms with Crippen LogP contribution >= 0.6 is 11.6 Å². The van der Waals surface area contributed by atoms with Crippen LogP contribution in [0.3, 0.4) is 0 Å². The first-order valence-electron chi connectivity index (χ1n) is 5.69. The summed E-state index contributed by atoms with van der Waals surface area (Å²) in [6.07, 6.45) is -5.65. The lowest BCUT2D eigenvalue weighted by atomic mass is 10.0. The van der Waals surface area contributed by atoms with E-state index in [2.05, 4.69) is 0 Å². The molecule has 1 aromatic carbocycles. The first-order valence-corrected chi connectivity index (χ1v) is 6.07. The average molecular weight is 297 g/mol. The Morgan fingerprint density at radius 2 is 2.00 bits per heavy atom. The van der Waals surface area contributed by atoms with Crippen molar-refractivity contribution in [3.05, 3.63) is 28.3 Å². The van der Waals surface area contributed by atoms with Crippen LogP contribution in [-0.2, 0) is 6.18 Å². The summed E-state index contributed by atoms with van der Waals surface area (Å²) in [6, 6.07) is 2.11. The van der Waals surface area contributed by atoms with Gasteiger partial charge in [0.15, 0.2) is 0 Å².